The smallest absolute Gasteiger partial charge is 0.333 e. The van der Waals surface area contributed by atoms with E-state index in [0.29, 0.717) is 5.56 Å². The summed E-state index contributed by atoms with van der Waals surface area (Å²) in [6, 6.07) is 8.64. The zero-order valence-corrected chi connectivity index (χ0v) is 12.1. The molecule has 1 amide bonds. The van der Waals surface area contributed by atoms with Crippen LogP contribution in [0.2, 0.25) is 0 Å². The van der Waals surface area contributed by atoms with Gasteiger partial charge in [-0.1, -0.05) is 44.2 Å². The summed E-state index contributed by atoms with van der Waals surface area (Å²) in [6.45, 7) is 5.44. The fourth-order valence-electron chi connectivity index (χ4n) is 2.04. The third-order valence-electron chi connectivity index (χ3n) is 3.55. The van der Waals surface area contributed by atoms with Crippen LogP contribution in [0.3, 0.4) is 0 Å². The van der Waals surface area contributed by atoms with Crippen LogP contribution in [0.25, 0.3) is 0 Å². The molecule has 0 aromatic heterocycles. The quantitative estimate of drug-likeness (QED) is 0.732. The highest BCUT2D eigenvalue weighted by Crippen LogP contribution is 2.22. The Morgan fingerprint density at radius 1 is 1.30 bits per heavy atom. The van der Waals surface area contributed by atoms with Crippen molar-refractivity contribution < 1.29 is 14.7 Å². The van der Waals surface area contributed by atoms with Crippen molar-refractivity contribution in [1.29, 1.82) is 0 Å². The molecule has 0 heterocycles. The summed E-state index contributed by atoms with van der Waals surface area (Å²) < 4.78 is 0. The number of carboxylic acid groups (broad SMARTS) is 1. The third kappa shape index (κ3) is 3.36. The lowest BCUT2D eigenvalue weighted by atomic mass is 9.89. The monoisotopic (exact) mass is 278 g/mol. The molecule has 110 valence electrons. The average molecular weight is 278 g/mol. The van der Waals surface area contributed by atoms with E-state index in [1.165, 1.54) is 6.92 Å². The van der Waals surface area contributed by atoms with Gasteiger partial charge in [-0.05, 0) is 18.4 Å². The molecule has 0 radical (unpaired) electrons. The number of hydrogen-bond acceptors (Lipinski definition) is 3. The Morgan fingerprint density at radius 2 is 1.85 bits per heavy atom. The van der Waals surface area contributed by atoms with Gasteiger partial charge in [0, 0.05) is 6.54 Å². The van der Waals surface area contributed by atoms with Gasteiger partial charge in [-0.2, -0.15) is 0 Å². The number of hydrogen-bond donors (Lipinski definition) is 3. The Balaban J connectivity index is 3.05. The van der Waals surface area contributed by atoms with Gasteiger partial charge in [-0.3, -0.25) is 4.79 Å². The molecule has 1 rings (SSSR count). The van der Waals surface area contributed by atoms with Crippen molar-refractivity contribution in [3.05, 3.63) is 35.9 Å². The summed E-state index contributed by atoms with van der Waals surface area (Å²) in [7, 11) is 0. The van der Waals surface area contributed by atoms with E-state index < -0.39 is 17.4 Å². The van der Waals surface area contributed by atoms with Gasteiger partial charge < -0.3 is 16.2 Å². The molecule has 1 aromatic rings. The van der Waals surface area contributed by atoms with Gasteiger partial charge in [-0.15, -0.1) is 0 Å². The molecule has 20 heavy (non-hydrogen) atoms. The van der Waals surface area contributed by atoms with E-state index in [4.69, 9.17) is 5.73 Å². The summed E-state index contributed by atoms with van der Waals surface area (Å²) in [5.41, 5.74) is 4.67. The Morgan fingerprint density at radius 3 is 2.25 bits per heavy atom. The van der Waals surface area contributed by atoms with Crippen molar-refractivity contribution in [1.82, 2.24) is 5.32 Å². The van der Waals surface area contributed by atoms with E-state index in [1.54, 1.807) is 30.3 Å². The van der Waals surface area contributed by atoms with Gasteiger partial charge >= 0.3 is 5.97 Å². The number of carboxylic acids is 1. The molecular weight excluding hydrogens is 256 g/mol. The molecule has 1 aromatic carbocycles. The standard InChI is InChI=1S/C15H22N2O3/c1-10(2)12(9-16)13(18)17-15(3,14(19)20)11-7-5-4-6-8-11/h4-8,10,12H,9,16H2,1-3H3,(H,17,18)(H,19,20). The maximum Gasteiger partial charge on any atom is 0.333 e. The summed E-state index contributed by atoms with van der Waals surface area (Å²) in [5, 5.41) is 12.1. The highest BCUT2D eigenvalue weighted by molar-refractivity contribution is 5.89. The van der Waals surface area contributed by atoms with Crippen LogP contribution in [0.5, 0.6) is 0 Å². The molecule has 2 atom stereocenters. The first-order valence-electron chi connectivity index (χ1n) is 6.64. The van der Waals surface area contributed by atoms with Gasteiger partial charge in [0.2, 0.25) is 5.91 Å². The lowest BCUT2D eigenvalue weighted by Gasteiger charge is -2.29. The molecule has 0 aliphatic heterocycles. The lowest BCUT2D eigenvalue weighted by molar-refractivity contribution is -0.148. The maximum absolute atomic E-state index is 12.3. The van der Waals surface area contributed by atoms with Crippen molar-refractivity contribution in [3.8, 4) is 0 Å². The lowest BCUT2D eigenvalue weighted by Crippen LogP contribution is -2.53. The van der Waals surface area contributed by atoms with E-state index in [1.807, 2.05) is 13.8 Å². The first kappa shape index (κ1) is 16.2. The average Bonchev–Trinajstić information content (AvgIpc) is 2.39. The Labute approximate surface area is 119 Å². The number of rotatable bonds is 6. The molecule has 4 N–H and O–H groups in total. The maximum atomic E-state index is 12.3. The zero-order valence-electron chi connectivity index (χ0n) is 12.1. The highest BCUT2D eigenvalue weighted by Gasteiger charge is 2.38. The largest absolute Gasteiger partial charge is 0.479 e. The van der Waals surface area contributed by atoms with Crippen molar-refractivity contribution in [3.63, 3.8) is 0 Å². The van der Waals surface area contributed by atoms with Gasteiger partial charge in [0.1, 0.15) is 0 Å². The summed E-state index contributed by atoms with van der Waals surface area (Å²) in [4.78, 5) is 23.8. The second-order valence-corrected chi connectivity index (χ2v) is 5.37. The van der Waals surface area contributed by atoms with Crippen LogP contribution in [-0.2, 0) is 15.1 Å². The topological polar surface area (TPSA) is 92.4 Å². The number of aliphatic carboxylic acids is 1. The van der Waals surface area contributed by atoms with E-state index >= 15 is 0 Å². The predicted octanol–water partition coefficient (Wildman–Crippen LogP) is 1.33. The number of carbonyl (C=O) groups excluding carboxylic acids is 1. The van der Waals surface area contributed by atoms with Gasteiger partial charge in [-0.25, -0.2) is 4.79 Å². The minimum Gasteiger partial charge on any atom is -0.479 e. The van der Waals surface area contributed by atoms with E-state index in [0.717, 1.165) is 0 Å². The second kappa shape index (κ2) is 6.52. The summed E-state index contributed by atoms with van der Waals surface area (Å²) in [5.74, 6) is -1.79. The Kier molecular flexibility index (Phi) is 5.27. The number of amides is 1. The molecule has 0 aliphatic carbocycles. The van der Waals surface area contributed by atoms with Crippen molar-refractivity contribution in [2.45, 2.75) is 26.3 Å². The number of nitrogens with two attached hydrogens (primary N) is 1. The molecule has 0 aliphatic rings. The number of carbonyl (C=O) groups is 2. The molecule has 0 spiro atoms. The normalized spacial score (nSPS) is 15.4. The van der Waals surface area contributed by atoms with Gasteiger partial charge in [0.05, 0.1) is 5.92 Å². The Hall–Kier alpha value is -1.88. The third-order valence-corrected chi connectivity index (χ3v) is 3.55. The predicted molar refractivity (Wildman–Crippen MR) is 77.0 cm³/mol. The second-order valence-electron chi connectivity index (χ2n) is 5.37. The van der Waals surface area contributed by atoms with E-state index in [2.05, 4.69) is 5.32 Å². The summed E-state index contributed by atoms with van der Waals surface area (Å²) >= 11 is 0. The van der Waals surface area contributed by atoms with Gasteiger partial charge in [0.25, 0.3) is 0 Å². The highest BCUT2D eigenvalue weighted by atomic mass is 16.4. The minimum atomic E-state index is -1.46. The van der Waals surface area contributed by atoms with E-state index in [-0.39, 0.29) is 18.4 Å². The van der Waals surface area contributed by atoms with Crippen LogP contribution in [-0.4, -0.2) is 23.5 Å². The SMILES string of the molecule is CC(C)C(CN)C(=O)NC(C)(C(=O)O)c1ccccc1. The van der Waals surface area contributed by atoms with Crippen LogP contribution in [0, 0.1) is 11.8 Å². The summed E-state index contributed by atoms with van der Waals surface area (Å²) in [6.07, 6.45) is 0. The van der Waals surface area contributed by atoms with Crippen molar-refractivity contribution >= 4 is 11.9 Å². The molecule has 0 bridgehead atoms. The molecule has 2 unspecified atom stereocenters. The molecule has 0 saturated carbocycles. The van der Waals surface area contributed by atoms with Crippen molar-refractivity contribution in [2.24, 2.45) is 17.6 Å². The van der Waals surface area contributed by atoms with Crippen LogP contribution < -0.4 is 11.1 Å². The first-order chi connectivity index (χ1) is 9.32. The minimum absolute atomic E-state index is 0.0498. The van der Waals surface area contributed by atoms with Gasteiger partial charge in [0.15, 0.2) is 5.54 Å². The number of benzene rings is 1. The molecule has 0 saturated heterocycles. The molecular formula is C15H22N2O3. The fraction of sp³-hybridized carbons (Fsp3) is 0.467. The zero-order chi connectivity index (χ0) is 15.3. The van der Waals surface area contributed by atoms with Crippen LogP contribution in [0.4, 0.5) is 0 Å². The van der Waals surface area contributed by atoms with Crippen LogP contribution >= 0.6 is 0 Å². The molecule has 5 nitrogen and oxygen atoms in total. The fourth-order valence-corrected chi connectivity index (χ4v) is 2.04. The number of nitrogens with one attached hydrogen (secondary N) is 1. The van der Waals surface area contributed by atoms with Crippen molar-refractivity contribution in [2.75, 3.05) is 6.54 Å². The van der Waals surface area contributed by atoms with Crippen LogP contribution in [0.15, 0.2) is 30.3 Å². The molecule has 5 heteroatoms. The molecule has 0 fully saturated rings. The van der Waals surface area contributed by atoms with Crippen LogP contribution in [0.1, 0.15) is 26.3 Å². The van der Waals surface area contributed by atoms with E-state index in [9.17, 15) is 14.7 Å². The first-order valence-corrected chi connectivity index (χ1v) is 6.64. The Bertz CT molecular complexity index is 473.